The molecule has 1 fully saturated rings. The Morgan fingerprint density at radius 2 is 1.85 bits per heavy atom. The second kappa shape index (κ2) is 8.74. The lowest BCUT2D eigenvalue weighted by molar-refractivity contribution is 0.447. The monoisotopic (exact) mass is 387 g/mol. The average molecular weight is 388 g/mol. The van der Waals surface area contributed by atoms with Crippen LogP contribution in [0.3, 0.4) is 0 Å². The summed E-state index contributed by atoms with van der Waals surface area (Å²) in [5.74, 6) is 0.778. The Hall–Kier alpha value is -1.78. The summed E-state index contributed by atoms with van der Waals surface area (Å²) in [6, 6.07) is 16.5. The number of hydrogen-bond donors (Lipinski definition) is 2. The SMILES string of the molecule is C[C@@H]1CCCN(c2ccc([C@@H](C)NC(=S)Nc3ccc(Cl)cc3)cc2)C1. The molecule has 0 spiro atoms. The predicted molar refractivity (Wildman–Crippen MR) is 116 cm³/mol. The van der Waals surface area contributed by atoms with Gasteiger partial charge in [0.1, 0.15) is 0 Å². The minimum atomic E-state index is 0.136. The van der Waals surface area contributed by atoms with E-state index in [2.05, 4.69) is 53.6 Å². The van der Waals surface area contributed by atoms with Gasteiger partial charge < -0.3 is 15.5 Å². The van der Waals surface area contributed by atoms with Gasteiger partial charge in [-0.1, -0.05) is 30.7 Å². The van der Waals surface area contributed by atoms with Crippen molar-refractivity contribution in [3.05, 3.63) is 59.1 Å². The molecule has 0 radical (unpaired) electrons. The highest BCUT2D eigenvalue weighted by Gasteiger charge is 2.17. The van der Waals surface area contributed by atoms with Crippen molar-refractivity contribution < 1.29 is 0 Å². The molecule has 1 saturated heterocycles. The van der Waals surface area contributed by atoms with Crippen molar-refractivity contribution >= 4 is 40.3 Å². The zero-order chi connectivity index (χ0) is 18.5. The van der Waals surface area contributed by atoms with Crippen LogP contribution < -0.4 is 15.5 Å². The van der Waals surface area contributed by atoms with Crippen LogP contribution in [0, 0.1) is 5.92 Å². The molecule has 1 aliphatic heterocycles. The molecule has 3 rings (SSSR count). The first-order valence-electron chi connectivity index (χ1n) is 9.19. The molecule has 0 bridgehead atoms. The van der Waals surface area contributed by atoms with E-state index in [0.717, 1.165) is 24.7 Å². The van der Waals surface area contributed by atoms with Crippen LogP contribution in [0.2, 0.25) is 5.02 Å². The summed E-state index contributed by atoms with van der Waals surface area (Å²) in [6.45, 7) is 6.77. The third kappa shape index (κ3) is 5.12. The predicted octanol–water partition coefficient (Wildman–Crippen LogP) is 5.62. The molecule has 0 unspecified atom stereocenters. The van der Waals surface area contributed by atoms with Gasteiger partial charge in [0, 0.05) is 29.5 Å². The van der Waals surface area contributed by atoms with Crippen LogP contribution >= 0.6 is 23.8 Å². The molecule has 2 aromatic carbocycles. The number of hydrogen-bond acceptors (Lipinski definition) is 2. The molecule has 2 N–H and O–H groups in total. The number of rotatable bonds is 4. The molecule has 0 amide bonds. The fourth-order valence-electron chi connectivity index (χ4n) is 3.38. The molecule has 0 aromatic heterocycles. The number of anilines is 2. The van der Waals surface area contributed by atoms with Crippen molar-refractivity contribution in [3.8, 4) is 0 Å². The molecule has 26 heavy (non-hydrogen) atoms. The topological polar surface area (TPSA) is 27.3 Å². The smallest absolute Gasteiger partial charge is 0.171 e. The molecule has 2 atom stereocenters. The third-order valence-electron chi connectivity index (χ3n) is 4.86. The highest BCUT2D eigenvalue weighted by Crippen LogP contribution is 2.24. The van der Waals surface area contributed by atoms with Gasteiger partial charge in [-0.2, -0.15) is 0 Å². The summed E-state index contributed by atoms with van der Waals surface area (Å²) >= 11 is 11.3. The van der Waals surface area contributed by atoms with E-state index < -0.39 is 0 Å². The Morgan fingerprint density at radius 3 is 2.50 bits per heavy atom. The van der Waals surface area contributed by atoms with Crippen LogP contribution in [0.5, 0.6) is 0 Å². The first kappa shape index (κ1) is 19.0. The minimum absolute atomic E-state index is 0.136. The van der Waals surface area contributed by atoms with Crippen molar-refractivity contribution in [1.29, 1.82) is 0 Å². The largest absolute Gasteiger partial charge is 0.371 e. The molecule has 3 nitrogen and oxygen atoms in total. The van der Waals surface area contributed by atoms with Gasteiger partial charge in [0.2, 0.25) is 0 Å². The Balaban J connectivity index is 1.56. The molecule has 138 valence electrons. The fourth-order valence-corrected chi connectivity index (χ4v) is 3.80. The maximum absolute atomic E-state index is 5.91. The quantitative estimate of drug-likeness (QED) is 0.665. The number of nitrogens with one attached hydrogen (secondary N) is 2. The van der Waals surface area contributed by atoms with Crippen LogP contribution in [0.4, 0.5) is 11.4 Å². The van der Waals surface area contributed by atoms with Gasteiger partial charge in [0.25, 0.3) is 0 Å². The highest BCUT2D eigenvalue weighted by molar-refractivity contribution is 7.80. The van der Waals surface area contributed by atoms with E-state index in [1.165, 1.54) is 24.1 Å². The molecular formula is C21H26ClN3S. The van der Waals surface area contributed by atoms with Crippen LogP contribution in [-0.4, -0.2) is 18.2 Å². The van der Waals surface area contributed by atoms with Gasteiger partial charge in [-0.15, -0.1) is 0 Å². The number of thiocarbonyl (C=S) groups is 1. The molecular weight excluding hydrogens is 362 g/mol. The Labute approximate surface area is 166 Å². The second-order valence-corrected chi connectivity index (χ2v) is 7.96. The van der Waals surface area contributed by atoms with Crippen LogP contribution in [0.1, 0.15) is 38.3 Å². The van der Waals surface area contributed by atoms with E-state index in [-0.39, 0.29) is 6.04 Å². The lowest BCUT2D eigenvalue weighted by atomic mass is 9.99. The van der Waals surface area contributed by atoms with Crippen molar-refractivity contribution in [3.63, 3.8) is 0 Å². The van der Waals surface area contributed by atoms with Gasteiger partial charge >= 0.3 is 0 Å². The van der Waals surface area contributed by atoms with E-state index in [9.17, 15) is 0 Å². The first-order valence-corrected chi connectivity index (χ1v) is 9.98. The minimum Gasteiger partial charge on any atom is -0.371 e. The van der Waals surface area contributed by atoms with E-state index >= 15 is 0 Å². The molecule has 0 saturated carbocycles. The van der Waals surface area contributed by atoms with E-state index in [1.54, 1.807) is 0 Å². The summed E-state index contributed by atoms with van der Waals surface area (Å²) in [4.78, 5) is 2.49. The maximum atomic E-state index is 5.91. The number of benzene rings is 2. The standard InChI is InChI=1S/C21H26ClN3S/c1-15-4-3-13-25(14-15)20-11-5-17(6-12-20)16(2)23-21(26)24-19-9-7-18(22)8-10-19/h5-12,15-16H,3-4,13-14H2,1-2H3,(H2,23,24,26)/t15-,16-/m1/s1. The fraction of sp³-hybridized carbons (Fsp3) is 0.381. The van der Waals surface area contributed by atoms with Crippen LogP contribution in [0.15, 0.2) is 48.5 Å². The lowest BCUT2D eigenvalue weighted by Crippen LogP contribution is -2.34. The zero-order valence-electron chi connectivity index (χ0n) is 15.3. The van der Waals surface area contributed by atoms with Crippen LogP contribution in [-0.2, 0) is 0 Å². The molecule has 1 aliphatic rings. The van der Waals surface area contributed by atoms with Crippen molar-refractivity contribution in [1.82, 2.24) is 5.32 Å². The van der Waals surface area contributed by atoms with E-state index in [1.807, 2.05) is 24.3 Å². The molecule has 1 heterocycles. The Morgan fingerprint density at radius 1 is 1.15 bits per heavy atom. The van der Waals surface area contributed by atoms with Gasteiger partial charge in [-0.3, -0.25) is 0 Å². The summed E-state index contributed by atoms with van der Waals surface area (Å²) in [5.41, 5.74) is 3.46. The average Bonchev–Trinajstić information content (AvgIpc) is 2.64. The highest BCUT2D eigenvalue weighted by atomic mass is 35.5. The second-order valence-electron chi connectivity index (χ2n) is 7.11. The lowest BCUT2D eigenvalue weighted by Gasteiger charge is -2.33. The summed E-state index contributed by atoms with van der Waals surface area (Å²) in [6.07, 6.45) is 2.62. The van der Waals surface area contributed by atoms with Gasteiger partial charge in [0.05, 0.1) is 6.04 Å². The van der Waals surface area contributed by atoms with Gasteiger partial charge in [-0.25, -0.2) is 0 Å². The Kier molecular flexibility index (Phi) is 6.38. The number of piperidine rings is 1. The molecule has 0 aliphatic carbocycles. The summed E-state index contributed by atoms with van der Waals surface area (Å²) in [7, 11) is 0. The van der Waals surface area contributed by atoms with Crippen molar-refractivity contribution in [2.24, 2.45) is 5.92 Å². The summed E-state index contributed by atoms with van der Waals surface area (Å²) < 4.78 is 0. The molecule has 5 heteroatoms. The van der Waals surface area contributed by atoms with Crippen molar-refractivity contribution in [2.45, 2.75) is 32.7 Å². The maximum Gasteiger partial charge on any atom is 0.171 e. The van der Waals surface area contributed by atoms with Gasteiger partial charge in [-0.05, 0) is 79.9 Å². The Bertz CT molecular complexity index is 730. The van der Waals surface area contributed by atoms with Gasteiger partial charge in [0.15, 0.2) is 5.11 Å². The zero-order valence-corrected chi connectivity index (χ0v) is 16.9. The van der Waals surface area contributed by atoms with Crippen molar-refractivity contribution in [2.75, 3.05) is 23.3 Å². The van der Waals surface area contributed by atoms with E-state index in [4.69, 9.17) is 23.8 Å². The van der Waals surface area contributed by atoms with Crippen LogP contribution in [0.25, 0.3) is 0 Å². The molecule has 2 aromatic rings. The first-order chi connectivity index (χ1) is 12.5. The number of nitrogens with zero attached hydrogens (tertiary/aromatic N) is 1. The third-order valence-corrected chi connectivity index (χ3v) is 5.34. The van der Waals surface area contributed by atoms with E-state index in [0.29, 0.717) is 10.1 Å². The number of halogens is 1. The normalized spacial score (nSPS) is 18.3. The summed E-state index contributed by atoms with van der Waals surface area (Å²) in [5, 5.41) is 7.85.